The van der Waals surface area contributed by atoms with Crippen molar-refractivity contribution >= 4 is 18.4 Å². The fourth-order valence-corrected chi connectivity index (χ4v) is 2.22. The van der Waals surface area contributed by atoms with Gasteiger partial charge in [-0.2, -0.15) is 0 Å². The number of hydrogen-bond donors (Lipinski definition) is 0. The molecule has 0 aliphatic carbocycles. The Morgan fingerprint density at radius 1 is 0.857 bits per heavy atom. The standard InChI is InChI=1S/C17H35NO2.ClH/c1-4-5-6-7-8-9-10-11-12-14-17(19)20-16-13-15-18(2)3;/h4-16H2,1-3H3;1H. The molecule has 0 saturated heterocycles. The van der Waals surface area contributed by atoms with Gasteiger partial charge in [0.1, 0.15) is 0 Å². The molecular formula is C17H36ClNO2. The van der Waals surface area contributed by atoms with Crippen molar-refractivity contribution in [3.05, 3.63) is 0 Å². The van der Waals surface area contributed by atoms with Crippen molar-refractivity contribution in [2.75, 3.05) is 27.2 Å². The maximum absolute atomic E-state index is 11.5. The van der Waals surface area contributed by atoms with Gasteiger partial charge in [-0.05, 0) is 26.9 Å². The number of unbranched alkanes of at least 4 members (excludes halogenated alkanes) is 8. The number of halogens is 1. The lowest BCUT2D eigenvalue weighted by Gasteiger charge is -2.09. The van der Waals surface area contributed by atoms with Gasteiger partial charge in [-0.3, -0.25) is 4.79 Å². The number of carbonyl (C=O) groups is 1. The van der Waals surface area contributed by atoms with Gasteiger partial charge in [-0.1, -0.05) is 58.3 Å². The van der Waals surface area contributed by atoms with Crippen LogP contribution in [0.25, 0.3) is 0 Å². The molecule has 0 unspecified atom stereocenters. The van der Waals surface area contributed by atoms with Gasteiger partial charge in [-0.25, -0.2) is 0 Å². The molecule has 0 aromatic heterocycles. The number of ether oxygens (including phenoxy) is 1. The van der Waals surface area contributed by atoms with Crippen LogP contribution in [0.15, 0.2) is 0 Å². The normalized spacial score (nSPS) is 10.5. The molecule has 3 nitrogen and oxygen atoms in total. The first-order valence-electron chi connectivity index (χ1n) is 8.47. The molecule has 0 radical (unpaired) electrons. The van der Waals surface area contributed by atoms with Gasteiger partial charge >= 0.3 is 5.97 Å². The van der Waals surface area contributed by atoms with Crippen molar-refractivity contribution in [1.82, 2.24) is 4.90 Å². The Labute approximate surface area is 138 Å². The Kier molecular flexibility index (Phi) is 19.5. The van der Waals surface area contributed by atoms with Crippen molar-refractivity contribution in [1.29, 1.82) is 0 Å². The Balaban J connectivity index is 0. The summed E-state index contributed by atoms with van der Waals surface area (Å²) in [6.45, 7) is 3.79. The number of rotatable bonds is 14. The molecule has 4 heteroatoms. The van der Waals surface area contributed by atoms with Gasteiger partial charge in [0.25, 0.3) is 0 Å². The third kappa shape index (κ3) is 19.7. The maximum Gasteiger partial charge on any atom is 0.305 e. The van der Waals surface area contributed by atoms with E-state index >= 15 is 0 Å². The summed E-state index contributed by atoms with van der Waals surface area (Å²) in [7, 11) is 4.06. The van der Waals surface area contributed by atoms with E-state index in [1.807, 2.05) is 14.1 Å². The zero-order chi connectivity index (χ0) is 15.1. The van der Waals surface area contributed by atoms with Crippen LogP contribution in [0.4, 0.5) is 0 Å². The van der Waals surface area contributed by atoms with E-state index < -0.39 is 0 Å². The van der Waals surface area contributed by atoms with Crippen LogP contribution in [0, 0.1) is 0 Å². The molecule has 0 N–H and O–H groups in total. The molecule has 0 aliphatic rings. The van der Waals surface area contributed by atoms with Crippen LogP contribution in [0.3, 0.4) is 0 Å². The maximum atomic E-state index is 11.5. The predicted molar refractivity (Wildman–Crippen MR) is 93.2 cm³/mol. The highest BCUT2D eigenvalue weighted by molar-refractivity contribution is 5.85. The first-order chi connectivity index (χ1) is 9.66. The summed E-state index contributed by atoms with van der Waals surface area (Å²) in [5, 5.41) is 0. The van der Waals surface area contributed by atoms with E-state index in [0.29, 0.717) is 13.0 Å². The second-order valence-electron chi connectivity index (χ2n) is 5.96. The van der Waals surface area contributed by atoms with Crippen molar-refractivity contribution in [3.8, 4) is 0 Å². The summed E-state index contributed by atoms with van der Waals surface area (Å²) in [4.78, 5) is 13.6. The third-order valence-corrected chi connectivity index (χ3v) is 3.50. The van der Waals surface area contributed by atoms with E-state index in [0.717, 1.165) is 19.4 Å². The van der Waals surface area contributed by atoms with Crippen LogP contribution in [0.5, 0.6) is 0 Å². The van der Waals surface area contributed by atoms with Crippen molar-refractivity contribution in [2.45, 2.75) is 77.6 Å². The highest BCUT2D eigenvalue weighted by Gasteiger charge is 2.02. The van der Waals surface area contributed by atoms with Crippen molar-refractivity contribution < 1.29 is 9.53 Å². The average molecular weight is 322 g/mol. The van der Waals surface area contributed by atoms with Crippen LogP contribution in [0.2, 0.25) is 0 Å². The first-order valence-corrected chi connectivity index (χ1v) is 8.47. The minimum absolute atomic E-state index is 0. The lowest BCUT2D eigenvalue weighted by atomic mass is 10.1. The lowest BCUT2D eigenvalue weighted by Crippen LogP contribution is -2.16. The Morgan fingerprint density at radius 3 is 1.90 bits per heavy atom. The van der Waals surface area contributed by atoms with Gasteiger partial charge < -0.3 is 9.64 Å². The summed E-state index contributed by atoms with van der Waals surface area (Å²) in [5.74, 6) is -0.0216. The monoisotopic (exact) mass is 321 g/mol. The molecule has 0 rings (SSSR count). The topological polar surface area (TPSA) is 29.5 Å². The van der Waals surface area contributed by atoms with E-state index in [-0.39, 0.29) is 18.4 Å². The van der Waals surface area contributed by atoms with E-state index in [1.165, 1.54) is 51.4 Å². The number of esters is 1. The molecule has 0 aliphatic heterocycles. The van der Waals surface area contributed by atoms with Crippen LogP contribution in [0.1, 0.15) is 77.6 Å². The van der Waals surface area contributed by atoms with Crippen molar-refractivity contribution in [2.24, 2.45) is 0 Å². The third-order valence-electron chi connectivity index (χ3n) is 3.50. The summed E-state index contributed by atoms with van der Waals surface area (Å²) >= 11 is 0. The summed E-state index contributed by atoms with van der Waals surface area (Å²) < 4.78 is 5.20. The van der Waals surface area contributed by atoms with E-state index in [4.69, 9.17) is 4.74 Å². The van der Waals surface area contributed by atoms with Gasteiger partial charge in [0.05, 0.1) is 6.61 Å². The van der Waals surface area contributed by atoms with Crippen LogP contribution >= 0.6 is 12.4 Å². The Morgan fingerprint density at radius 2 is 1.38 bits per heavy atom. The fourth-order valence-electron chi connectivity index (χ4n) is 2.22. The number of carbonyl (C=O) groups excluding carboxylic acids is 1. The van der Waals surface area contributed by atoms with Gasteiger partial charge in [0, 0.05) is 13.0 Å². The second kappa shape index (κ2) is 17.8. The number of hydrogen-bond acceptors (Lipinski definition) is 3. The second-order valence-corrected chi connectivity index (χ2v) is 5.96. The van der Waals surface area contributed by atoms with E-state index in [2.05, 4.69) is 11.8 Å². The van der Waals surface area contributed by atoms with E-state index in [1.54, 1.807) is 0 Å². The zero-order valence-electron chi connectivity index (χ0n) is 14.4. The quantitative estimate of drug-likeness (QED) is 0.339. The molecule has 0 heterocycles. The Bertz CT molecular complexity index is 223. The molecule has 0 spiro atoms. The van der Waals surface area contributed by atoms with E-state index in [9.17, 15) is 4.79 Å². The summed E-state index contributed by atoms with van der Waals surface area (Å²) in [6.07, 6.45) is 13.1. The summed E-state index contributed by atoms with van der Waals surface area (Å²) in [5.41, 5.74) is 0. The number of nitrogens with zero attached hydrogens (tertiary/aromatic N) is 1. The smallest absolute Gasteiger partial charge is 0.305 e. The van der Waals surface area contributed by atoms with Gasteiger partial charge in [0.15, 0.2) is 0 Å². The molecule has 128 valence electrons. The highest BCUT2D eigenvalue weighted by atomic mass is 35.5. The lowest BCUT2D eigenvalue weighted by molar-refractivity contribution is -0.143. The van der Waals surface area contributed by atoms with Gasteiger partial charge in [-0.15, -0.1) is 12.4 Å². The minimum atomic E-state index is -0.0216. The van der Waals surface area contributed by atoms with Gasteiger partial charge in [0.2, 0.25) is 0 Å². The molecule has 0 bridgehead atoms. The molecule has 0 amide bonds. The Hall–Kier alpha value is -0.280. The molecule has 0 fully saturated rings. The van der Waals surface area contributed by atoms with Crippen LogP contribution < -0.4 is 0 Å². The largest absolute Gasteiger partial charge is 0.466 e. The minimum Gasteiger partial charge on any atom is -0.466 e. The van der Waals surface area contributed by atoms with Crippen LogP contribution in [-0.2, 0) is 9.53 Å². The first kappa shape index (κ1) is 23.0. The SMILES string of the molecule is CCCCCCCCCCCC(=O)OCCCN(C)C.Cl. The molecular weight excluding hydrogens is 286 g/mol. The molecule has 0 aromatic carbocycles. The average Bonchev–Trinajstić information content (AvgIpc) is 2.41. The highest BCUT2D eigenvalue weighted by Crippen LogP contribution is 2.10. The fraction of sp³-hybridized carbons (Fsp3) is 0.941. The zero-order valence-corrected chi connectivity index (χ0v) is 15.2. The molecule has 0 aromatic rings. The molecule has 21 heavy (non-hydrogen) atoms. The van der Waals surface area contributed by atoms with Crippen LogP contribution in [-0.4, -0.2) is 38.1 Å². The molecule has 0 saturated carbocycles. The summed E-state index contributed by atoms with van der Waals surface area (Å²) in [6, 6.07) is 0. The molecule has 0 atom stereocenters. The van der Waals surface area contributed by atoms with Crippen molar-refractivity contribution in [3.63, 3.8) is 0 Å². The predicted octanol–water partition coefficient (Wildman–Crippen LogP) is 4.82.